The summed E-state index contributed by atoms with van der Waals surface area (Å²) in [5.74, 6) is 1.01. The van der Waals surface area contributed by atoms with Crippen LogP contribution in [-0.4, -0.2) is 31.0 Å². The summed E-state index contributed by atoms with van der Waals surface area (Å²) in [6.45, 7) is 0.617. The lowest BCUT2D eigenvalue weighted by atomic mass is 10.2. The Morgan fingerprint density at radius 2 is 2.06 bits per heavy atom. The van der Waals surface area contributed by atoms with Crippen molar-refractivity contribution in [1.82, 2.24) is 4.90 Å². The van der Waals surface area contributed by atoms with Gasteiger partial charge in [-0.1, -0.05) is 12.1 Å². The second kappa shape index (κ2) is 4.75. The Morgan fingerprint density at radius 1 is 1.47 bits per heavy atom. The number of carbonyl (C=O) groups is 1. The predicted molar refractivity (Wildman–Crippen MR) is 65.6 cm³/mol. The van der Waals surface area contributed by atoms with Crippen molar-refractivity contribution in [3.05, 3.63) is 29.8 Å². The summed E-state index contributed by atoms with van der Waals surface area (Å²) in [5.41, 5.74) is 6.77. The number of nitrogens with two attached hydrogens (primary N) is 1. The maximum Gasteiger partial charge on any atom is 0.227 e. The van der Waals surface area contributed by atoms with Crippen LogP contribution in [-0.2, 0) is 11.3 Å². The lowest BCUT2D eigenvalue weighted by molar-refractivity contribution is -0.131. The van der Waals surface area contributed by atoms with E-state index in [9.17, 15) is 4.79 Å². The zero-order valence-corrected chi connectivity index (χ0v) is 10.2. The van der Waals surface area contributed by atoms with Crippen LogP contribution >= 0.6 is 0 Å². The van der Waals surface area contributed by atoms with Gasteiger partial charge in [-0.2, -0.15) is 0 Å². The molecule has 2 atom stereocenters. The SMILES string of the molecule is COc1ccc(CN(C)C(=O)C2CC2N)cc1. The molecule has 0 saturated heterocycles. The van der Waals surface area contributed by atoms with E-state index in [2.05, 4.69) is 0 Å². The van der Waals surface area contributed by atoms with Crippen molar-refractivity contribution in [2.75, 3.05) is 14.2 Å². The van der Waals surface area contributed by atoms with Gasteiger partial charge >= 0.3 is 0 Å². The Hall–Kier alpha value is -1.55. The molecule has 1 fully saturated rings. The lowest BCUT2D eigenvalue weighted by Gasteiger charge is -2.17. The van der Waals surface area contributed by atoms with Crippen molar-refractivity contribution in [2.45, 2.75) is 19.0 Å². The summed E-state index contributed by atoms with van der Waals surface area (Å²) in [5, 5.41) is 0. The molecule has 0 radical (unpaired) electrons. The first-order chi connectivity index (χ1) is 8.11. The van der Waals surface area contributed by atoms with E-state index in [0.717, 1.165) is 17.7 Å². The van der Waals surface area contributed by atoms with Crippen molar-refractivity contribution >= 4 is 5.91 Å². The van der Waals surface area contributed by atoms with Crippen molar-refractivity contribution in [3.63, 3.8) is 0 Å². The molecule has 0 aromatic heterocycles. The van der Waals surface area contributed by atoms with E-state index >= 15 is 0 Å². The van der Waals surface area contributed by atoms with Crippen LogP contribution in [0.5, 0.6) is 5.75 Å². The van der Waals surface area contributed by atoms with Gasteiger partial charge in [-0.05, 0) is 24.1 Å². The second-order valence-electron chi connectivity index (χ2n) is 4.55. The first-order valence-corrected chi connectivity index (χ1v) is 5.75. The first kappa shape index (κ1) is 11.9. The molecule has 4 heteroatoms. The quantitative estimate of drug-likeness (QED) is 0.845. The molecule has 0 spiro atoms. The van der Waals surface area contributed by atoms with E-state index in [-0.39, 0.29) is 17.9 Å². The van der Waals surface area contributed by atoms with Crippen LogP contribution in [0.2, 0.25) is 0 Å². The van der Waals surface area contributed by atoms with Gasteiger partial charge in [-0.15, -0.1) is 0 Å². The van der Waals surface area contributed by atoms with Gasteiger partial charge < -0.3 is 15.4 Å². The van der Waals surface area contributed by atoms with Gasteiger partial charge in [0.15, 0.2) is 0 Å². The molecule has 0 aliphatic heterocycles. The summed E-state index contributed by atoms with van der Waals surface area (Å²) < 4.78 is 5.09. The number of amides is 1. The van der Waals surface area contributed by atoms with Crippen LogP contribution in [0.1, 0.15) is 12.0 Å². The minimum Gasteiger partial charge on any atom is -0.497 e. The van der Waals surface area contributed by atoms with E-state index in [0.29, 0.717) is 6.54 Å². The normalized spacial score (nSPS) is 22.1. The third-order valence-electron chi connectivity index (χ3n) is 3.11. The molecule has 92 valence electrons. The Morgan fingerprint density at radius 3 is 2.53 bits per heavy atom. The molecular weight excluding hydrogens is 216 g/mol. The number of methoxy groups -OCH3 is 1. The lowest BCUT2D eigenvalue weighted by Crippen LogP contribution is -2.29. The van der Waals surface area contributed by atoms with Gasteiger partial charge in [0.05, 0.1) is 13.0 Å². The van der Waals surface area contributed by atoms with E-state index in [4.69, 9.17) is 10.5 Å². The number of benzene rings is 1. The summed E-state index contributed by atoms with van der Waals surface area (Å²) in [6.07, 6.45) is 0.825. The van der Waals surface area contributed by atoms with E-state index in [1.165, 1.54) is 0 Å². The topological polar surface area (TPSA) is 55.6 Å². The molecule has 2 N–H and O–H groups in total. The fourth-order valence-electron chi connectivity index (χ4n) is 1.86. The van der Waals surface area contributed by atoms with Crippen LogP contribution in [0.4, 0.5) is 0 Å². The molecule has 2 rings (SSSR count). The third-order valence-corrected chi connectivity index (χ3v) is 3.11. The highest BCUT2D eigenvalue weighted by Crippen LogP contribution is 2.30. The average Bonchev–Trinajstić information content (AvgIpc) is 3.06. The molecule has 1 aliphatic carbocycles. The van der Waals surface area contributed by atoms with Crippen LogP contribution in [0.15, 0.2) is 24.3 Å². The van der Waals surface area contributed by atoms with Crippen molar-refractivity contribution in [3.8, 4) is 5.75 Å². The number of hydrogen-bond donors (Lipinski definition) is 1. The Bertz CT molecular complexity index is 402. The number of ether oxygens (including phenoxy) is 1. The van der Waals surface area contributed by atoms with Gasteiger partial charge in [-0.25, -0.2) is 0 Å². The standard InChI is InChI=1S/C13H18N2O2/c1-15(13(16)11-7-12(11)14)8-9-3-5-10(17-2)6-4-9/h3-6,11-12H,7-8,14H2,1-2H3. The molecule has 0 bridgehead atoms. The molecule has 0 heterocycles. The highest BCUT2D eigenvalue weighted by molar-refractivity contribution is 5.82. The molecule has 1 aliphatic rings. The summed E-state index contributed by atoms with van der Waals surface area (Å²) in [6, 6.07) is 7.80. The van der Waals surface area contributed by atoms with Crippen LogP contribution in [0, 0.1) is 5.92 Å². The number of rotatable bonds is 4. The Labute approximate surface area is 101 Å². The first-order valence-electron chi connectivity index (χ1n) is 5.75. The molecule has 1 aromatic carbocycles. The maximum absolute atomic E-state index is 11.9. The smallest absolute Gasteiger partial charge is 0.227 e. The summed E-state index contributed by atoms with van der Waals surface area (Å²) in [4.78, 5) is 13.6. The largest absolute Gasteiger partial charge is 0.497 e. The molecule has 2 unspecified atom stereocenters. The van der Waals surface area contributed by atoms with Crippen LogP contribution in [0.25, 0.3) is 0 Å². The summed E-state index contributed by atoms with van der Waals surface area (Å²) in [7, 11) is 3.46. The predicted octanol–water partition coefficient (Wildman–Crippen LogP) is 1.00. The van der Waals surface area contributed by atoms with E-state index in [1.807, 2.05) is 31.3 Å². The van der Waals surface area contributed by atoms with Crippen LogP contribution < -0.4 is 10.5 Å². The van der Waals surface area contributed by atoms with E-state index < -0.39 is 0 Å². The molecule has 17 heavy (non-hydrogen) atoms. The Kier molecular flexibility index (Phi) is 3.33. The minimum absolute atomic E-state index is 0.0400. The minimum atomic E-state index is 0.0400. The average molecular weight is 234 g/mol. The monoisotopic (exact) mass is 234 g/mol. The van der Waals surface area contributed by atoms with Crippen LogP contribution in [0.3, 0.4) is 0 Å². The number of nitrogens with zero attached hydrogens (tertiary/aromatic N) is 1. The van der Waals surface area contributed by atoms with Gasteiger partial charge in [0.2, 0.25) is 5.91 Å². The molecule has 1 amide bonds. The fraction of sp³-hybridized carbons (Fsp3) is 0.462. The molecular formula is C13H18N2O2. The van der Waals surface area contributed by atoms with Crippen molar-refractivity contribution < 1.29 is 9.53 Å². The van der Waals surface area contributed by atoms with E-state index in [1.54, 1.807) is 12.0 Å². The van der Waals surface area contributed by atoms with Gasteiger partial charge in [0, 0.05) is 19.6 Å². The zero-order chi connectivity index (χ0) is 12.4. The molecule has 1 saturated carbocycles. The highest BCUT2D eigenvalue weighted by atomic mass is 16.5. The third kappa shape index (κ3) is 2.77. The van der Waals surface area contributed by atoms with Gasteiger partial charge in [0.1, 0.15) is 5.75 Å². The second-order valence-corrected chi connectivity index (χ2v) is 4.55. The van der Waals surface area contributed by atoms with Crippen molar-refractivity contribution in [1.29, 1.82) is 0 Å². The Balaban J connectivity index is 1.93. The van der Waals surface area contributed by atoms with Crippen molar-refractivity contribution in [2.24, 2.45) is 11.7 Å². The summed E-state index contributed by atoms with van der Waals surface area (Å²) >= 11 is 0. The number of hydrogen-bond acceptors (Lipinski definition) is 3. The number of carbonyl (C=O) groups excluding carboxylic acids is 1. The fourth-order valence-corrected chi connectivity index (χ4v) is 1.86. The molecule has 1 aromatic rings. The van der Waals surface area contributed by atoms with Gasteiger partial charge in [-0.3, -0.25) is 4.79 Å². The molecule has 4 nitrogen and oxygen atoms in total. The maximum atomic E-state index is 11.9. The zero-order valence-electron chi connectivity index (χ0n) is 10.2. The highest BCUT2D eigenvalue weighted by Gasteiger charge is 2.41. The van der Waals surface area contributed by atoms with Gasteiger partial charge in [0.25, 0.3) is 0 Å².